The zero-order chi connectivity index (χ0) is 18.4. The Bertz CT molecular complexity index is 823. The minimum atomic E-state index is 0.231. The Kier molecular flexibility index (Phi) is 6.29. The van der Waals surface area contributed by atoms with E-state index in [1.165, 1.54) is 5.56 Å². The minimum Gasteiger partial charge on any atom is -0.494 e. The van der Waals surface area contributed by atoms with Crippen LogP contribution in [0.15, 0.2) is 46.9 Å². The van der Waals surface area contributed by atoms with Gasteiger partial charge in [-0.3, -0.25) is 0 Å². The average Bonchev–Trinajstić information content (AvgIpc) is 3.10. The van der Waals surface area contributed by atoms with Crippen molar-refractivity contribution in [2.45, 2.75) is 39.5 Å². The number of aromatic nitrogens is 1. The van der Waals surface area contributed by atoms with Crippen molar-refractivity contribution in [1.29, 1.82) is 0 Å². The van der Waals surface area contributed by atoms with Gasteiger partial charge in [-0.1, -0.05) is 26.3 Å². The van der Waals surface area contributed by atoms with E-state index in [-0.39, 0.29) is 6.61 Å². The summed E-state index contributed by atoms with van der Waals surface area (Å²) in [5.41, 5.74) is 3.83. The third kappa shape index (κ3) is 4.64. The van der Waals surface area contributed by atoms with Crippen LogP contribution in [0.25, 0.3) is 22.6 Å². The molecular formula is C22H27NO3. The summed E-state index contributed by atoms with van der Waals surface area (Å²) in [4.78, 5) is 4.64. The van der Waals surface area contributed by atoms with E-state index in [9.17, 15) is 0 Å². The predicted molar refractivity (Wildman–Crippen MR) is 104 cm³/mol. The Balaban J connectivity index is 1.72. The number of rotatable bonds is 9. The molecule has 0 aliphatic rings. The molecule has 4 nitrogen and oxygen atoms in total. The Labute approximate surface area is 154 Å². The molecule has 3 aromatic rings. The number of aliphatic hydroxyl groups is 1. The van der Waals surface area contributed by atoms with Gasteiger partial charge in [0.1, 0.15) is 11.3 Å². The number of unbranched alkanes of at least 4 members (excludes halogenated alkanes) is 1. The fraction of sp³-hybridized carbons (Fsp3) is 0.409. The molecular weight excluding hydrogens is 326 g/mol. The normalized spacial score (nSPS) is 12.4. The monoisotopic (exact) mass is 353 g/mol. The molecule has 4 heteroatoms. The van der Waals surface area contributed by atoms with Crippen LogP contribution < -0.4 is 4.74 Å². The van der Waals surface area contributed by atoms with Gasteiger partial charge in [0.2, 0.25) is 5.89 Å². The molecule has 1 atom stereocenters. The van der Waals surface area contributed by atoms with Crippen LogP contribution in [0.3, 0.4) is 0 Å². The molecule has 138 valence electrons. The maximum atomic E-state index is 9.16. The van der Waals surface area contributed by atoms with Crippen molar-refractivity contribution in [3.8, 4) is 17.2 Å². The highest BCUT2D eigenvalue weighted by Gasteiger charge is 2.10. The maximum absolute atomic E-state index is 9.16. The number of oxazole rings is 1. The third-order valence-electron chi connectivity index (χ3n) is 4.56. The van der Waals surface area contributed by atoms with E-state index < -0.39 is 0 Å². The minimum absolute atomic E-state index is 0.231. The van der Waals surface area contributed by atoms with Crippen molar-refractivity contribution >= 4 is 11.1 Å². The summed E-state index contributed by atoms with van der Waals surface area (Å²) in [5, 5.41) is 9.16. The van der Waals surface area contributed by atoms with Crippen molar-refractivity contribution in [3.63, 3.8) is 0 Å². The van der Waals surface area contributed by atoms with Gasteiger partial charge in [-0.2, -0.15) is 0 Å². The van der Waals surface area contributed by atoms with Crippen LogP contribution in [0.5, 0.6) is 5.75 Å². The third-order valence-corrected chi connectivity index (χ3v) is 4.56. The average molecular weight is 353 g/mol. The molecule has 0 saturated carbocycles. The first-order valence-electron chi connectivity index (χ1n) is 9.43. The van der Waals surface area contributed by atoms with E-state index in [2.05, 4.69) is 31.0 Å². The van der Waals surface area contributed by atoms with Crippen LogP contribution in [-0.4, -0.2) is 23.3 Å². The van der Waals surface area contributed by atoms with Gasteiger partial charge < -0.3 is 14.3 Å². The number of aliphatic hydroxyl groups excluding tert-OH is 1. The summed E-state index contributed by atoms with van der Waals surface area (Å²) in [6, 6.07) is 14.0. The first kappa shape index (κ1) is 18.5. The van der Waals surface area contributed by atoms with Crippen LogP contribution in [-0.2, 0) is 6.42 Å². The number of hydrogen-bond donors (Lipinski definition) is 1. The fourth-order valence-electron chi connectivity index (χ4n) is 2.78. The van der Waals surface area contributed by atoms with E-state index in [1.807, 2.05) is 30.3 Å². The van der Waals surface area contributed by atoms with Crippen LogP contribution in [0.1, 0.15) is 38.7 Å². The Morgan fingerprint density at radius 2 is 1.96 bits per heavy atom. The highest BCUT2D eigenvalue weighted by molar-refractivity contribution is 5.77. The molecule has 0 amide bonds. The Morgan fingerprint density at radius 3 is 2.69 bits per heavy atom. The van der Waals surface area contributed by atoms with Crippen LogP contribution in [0.4, 0.5) is 0 Å². The molecule has 0 fully saturated rings. The second kappa shape index (κ2) is 8.86. The molecule has 1 N–H and O–H groups in total. The molecule has 0 bridgehead atoms. The molecule has 3 rings (SSSR count). The van der Waals surface area contributed by atoms with E-state index in [1.54, 1.807) is 0 Å². The van der Waals surface area contributed by atoms with Crippen molar-refractivity contribution in [3.05, 3.63) is 48.0 Å². The van der Waals surface area contributed by atoms with Gasteiger partial charge in [0.25, 0.3) is 0 Å². The molecule has 26 heavy (non-hydrogen) atoms. The zero-order valence-corrected chi connectivity index (χ0v) is 15.6. The summed E-state index contributed by atoms with van der Waals surface area (Å²) in [7, 11) is 0. The van der Waals surface area contributed by atoms with E-state index >= 15 is 0 Å². The quantitative estimate of drug-likeness (QED) is 0.535. The van der Waals surface area contributed by atoms with Gasteiger partial charge in [0.05, 0.1) is 6.61 Å². The van der Waals surface area contributed by atoms with Gasteiger partial charge in [0, 0.05) is 12.2 Å². The second-order valence-electron chi connectivity index (χ2n) is 6.87. The highest BCUT2D eigenvalue weighted by Crippen LogP contribution is 2.27. The molecule has 0 aliphatic heterocycles. The summed E-state index contributed by atoms with van der Waals surface area (Å²) in [6.07, 6.45) is 4.09. The van der Waals surface area contributed by atoms with Crippen molar-refractivity contribution < 1.29 is 14.3 Å². The lowest BCUT2D eigenvalue weighted by molar-refractivity contribution is 0.230. The molecule has 0 aliphatic carbocycles. The van der Waals surface area contributed by atoms with Gasteiger partial charge in [0.15, 0.2) is 5.58 Å². The number of fused-ring (bicyclic) bond motifs is 1. The van der Waals surface area contributed by atoms with E-state index in [0.717, 1.165) is 54.7 Å². The van der Waals surface area contributed by atoms with Crippen LogP contribution in [0.2, 0.25) is 0 Å². The summed E-state index contributed by atoms with van der Waals surface area (Å²) in [6.45, 7) is 5.19. The Morgan fingerprint density at radius 1 is 1.15 bits per heavy atom. The number of aryl methyl sites for hydroxylation is 1. The standard InChI is InChI=1S/C22H27NO3/c1-3-4-13-25-19-10-8-18(9-11-19)22-23-20-14-17(6-5-16(2)15-24)7-12-21(20)26-22/h7-12,14,16,24H,3-6,13,15H2,1-2H3. The molecule has 0 spiro atoms. The van der Waals surface area contributed by atoms with Gasteiger partial charge >= 0.3 is 0 Å². The lowest BCUT2D eigenvalue weighted by Crippen LogP contribution is -2.02. The molecule has 1 heterocycles. The Hall–Kier alpha value is -2.33. The van der Waals surface area contributed by atoms with Crippen LogP contribution in [0, 0.1) is 5.92 Å². The lowest BCUT2D eigenvalue weighted by atomic mass is 10.0. The summed E-state index contributed by atoms with van der Waals surface area (Å²) < 4.78 is 11.6. The number of nitrogens with zero attached hydrogens (tertiary/aromatic N) is 1. The zero-order valence-electron chi connectivity index (χ0n) is 15.6. The van der Waals surface area contributed by atoms with Crippen LogP contribution >= 0.6 is 0 Å². The van der Waals surface area contributed by atoms with Crippen molar-refractivity contribution in [2.24, 2.45) is 5.92 Å². The van der Waals surface area contributed by atoms with Gasteiger partial charge in [-0.15, -0.1) is 0 Å². The lowest BCUT2D eigenvalue weighted by Gasteiger charge is -2.06. The van der Waals surface area contributed by atoms with E-state index in [4.69, 9.17) is 14.3 Å². The van der Waals surface area contributed by atoms with Crippen molar-refractivity contribution in [2.75, 3.05) is 13.2 Å². The first-order chi connectivity index (χ1) is 12.7. The van der Waals surface area contributed by atoms with Crippen molar-refractivity contribution in [1.82, 2.24) is 4.98 Å². The molecule has 2 aromatic carbocycles. The molecule has 1 aromatic heterocycles. The maximum Gasteiger partial charge on any atom is 0.227 e. The number of hydrogen-bond acceptors (Lipinski definition) is 4. The predicted octanol–water partition coefficient (Wildman–Crippen LogP) is 5.23. The van der Waals surface area contributed by atoms with Gasteiger partial charge in [-0.25, -0.2) is 4.98 Å². The number of ether oxygens (including phenoxy) is 1. The summed E-state index contributed by atoms with van der Waals surface area (Å²) in [5.74, 6) is 1.82. The molecule has 0 saturated heterocycles. The highest BCUT2D eigenvalue weighted by atomic mass is 16.5. The second-order valence-corrected chi connectivity index (χ2v) is 6.87. The topological polar surface area (TPSA) is 55.5 Å². The smallest absolute Gasteiger partial charge is 0.227 e. The number of benzene rings is 2. The molecule has 1 unspecified atom stereocenters. The molecule has 0 radical (unpaired) electrons. The SMILES string of the molecule is CCCCOc1ccc(-c2nc3cc(CCC(C)CO)ccc3o2)cc1. The first-order valence-corrected chi connectivity index (χ1v) is 9.43. The van der Waals surface area contributed by atoms with Gasteiger partial charge in [-0.05, 0) is 67.1 Å². The van der Waals surface area contributed by atoms with E-state index in [0.29, 0.717) is 11.8 Å². The fourth-order valence-corrected chi connectivity index (χ4v) is 2.78. The summed E-state index contributed by atoms with van der Waals surface area (Å²) >= 11 is 0. The largest absolute Gasteiger partial charge is 0.494 e.